The standard InChI is InChI=1S/C24H31N3O7S2/c1-2-35(29,30)27-18-23(34-22-9-5-4-8-21(22)27)24(28)25-14-17-33-19-10-12-20(13-11-19)36(31,32)26-15-6-3-7-16-26/h4-5,8-13,23H,2-3,6-7,14-18H2,1H3,(H,25,28)/t23-/m1/s1. The van der Waals surface area contributed by atoms with Gasteiger partial charge in [-0.25, -0.2) is 16.8 Å². The minimum atomic E-state index is -3.58. The Balaban J connectivity index is 1.30. The van der Waals surface area contributed by atoms with E-state index < -0.39 is 32.1 Å². The first-order valence-corrected chi connectivity index (χ1v) is 15.0. The largest absolute Gasteiger partial charge is 0.492 e. The highest BCUT2D eigenvalue weighted by atomic mass is 32.2. The number of piperidine rings is 1. The van der Waals surface area contributed by atoms with E-state index in [1.165, 1.54) is 20.7 Å². The molecule has 2 aliphatic rings. The van der Waals surface area contributed by atoms with Crippen LogP contribution in [0, 0.1) is 0 Å². The lowest BCUT2D eigenvalue weighted by molar-refractivity contribution is -0.127. The van der Waals surface area contributed by atoms with Crippen molar-refractivity contribution in [2.75, 3.05) is 42.8 Å². The average molecular weight is 538 g/mol. The van der Waals surface area contributed by atoms with Crippen molar-refractivity contribution in [2.24, 2.45) is 0 Å². The van der Waals surface area contributed by atoms with Gasteiger partial charge in [0.2, 0.25) is 20.0 Å². The zero-order valence-electron chi connectivity index (χ0n) is 20.1. The Morgan fingerprint density at radius 3 is 2.42 bits per heavy atom. The third-order valence-corrected chi connectivity index (χ3v) is 9.83. The highest BCUT2D eigenvalue weighted by Gasteiger charge is 2.35. The molecule has 2 heterocycles. The molecule has 1 N–H and O–H groups in total. The molecule has 10 nitrogen and oxygen atoms in total. The van der Waals surface area contributed by atoms with Gasteiger partial charge in [0.25, 0.3) is 5.91 Å². The summed E-state index contributed by atoms with van der Waals surface area (Å²) in [6.07, 6.45) is 1.79. The van der Waals surface area contributed by atoms with Crippen LogP contribution in [-0.4, -0.2) is 71.7 Å². The molecular formula is C24H31N3O7S2. The summed E-state index contributed by atoms with van der Waals surface area (Å²) in [5, 5.41) is 2.71. The van der Waals surface area contributed by atoms with Crippen LogP contribution in [0.25, 0.3) is 0 Å². The van der Waals surface area contributed by atoms with Crippen LogP contribution in [0.2, 0.25) is 0 Å². The van der Waals surface area contributed by atoms with E-state index in [1.54, 1.807) is 43.3 Å². The number of amides is 1. The van der Waals surface area contributed by atoms with Crippen molar-refractivity contribution in [3.63, 3.8) is 0 Å². The predicted molar refractivity (Wildman–Crippen MR) is 135 cm³/mol. The van der Waals surface area contributed by atoms with E-state index in [4.69, 9.17) is 9.47 Å². The first-order chi connectivity index (χ1) is 17.2. The van der Waals surface area contributed by atoms with Crippen molar-refractivity contribution in [1.29, 1.82) is 0 Å². The van der Waals surface area contributed by atoms with E-state index in [1.807, 2.05) is 0 Å². The molecule has 2 aromatic carbocycles. The number of benzene rings is 2. The summed E-state index contributed by atoms with van der Waals surface area (Å²) in [6.45, 7) is 2.82. The monoisotopic (exact) mass is 537 g/mol. The maximum atomic E-state index is 12.8. The number of nitrogens with zero attached hydrogens (tertiary/aromatic N) is 2. The van der Waals surface area contributed by atoms with Gasteiger partial charge < -0.3 is 14.8 Å². The zero-order chi connectivity index (χ0) is 25.8. The van der Waals surface area contributed by atoms with Gasteiger partial charge in [0.05, 0.1) is 29.4 Å². The fraction of sp³-hybridized carbons (Fsp3) is 0.458. The minimum absolute atomic E-state index is 0.0956. The fourth-order valence-electron chi connectivity index (χ4n) is 4.18. The van der Waals surface area contributed by atoms with Gasteiger partial charge in [0, 0.05) is 13.1 Å². The second-order valence-corrected chi connectivity index (χ2v) is 12.7. The Bertz CT molecular complexity index is 1280. The van der Waals surface area contributed by atoms with Gasteiger partial charge >= 0.3 is 0 Å². The van der Waals surface area contributed by atoms with Crippen molar-refractivity contribution in [3.8, 4) is 11.5 Å². The van der Waals surface area contributed by atoms with Crippen molar-refractivity contribution < 1.29 is 31.1 Å². The number of carbonyl (C=O) groups excluding carboxylic acids is 1. The van der Waals surface area contributed by atoms with E-state index in [0.717, 1.165) is 19.3 Å². The summed E-state index contributed by atoms with van der Waals surface area (Å²) >= 11 is 0. The van der Waals surface area contributed by atoms with E-state index in [9.17, 15) is 21.6 Å². The number of rotatable bonds is 9. The quantitative estimate of drug-likeness (QED) is 0.485. The molecule has 0 unspecified atom stereocenters. The number of carbonyl (C=O) groups is 1. The lowest BCUT2D eigenvalue weighted by Gasteiger charge is -2.34. The molecule has 12 heteroatoms. The second kappa shape index (κ2) is 11.1. The Hall–Kier alpha value is -2.83. The maximum absolute atomic E-state index is 12.8. The molecule has 2 aliphatic heterocycles. The number of nitrogens with one attached hydrogen (secondary N) is 1. The summed E-state index contributed by atoms with van der Waals surface area (Å²) in [5.74, 6) is 0.260. The summed E-state index contributed by atoms with van der Waals surface area (Å²) in [5.41, 5.74) is 0.414. The van der Waals surface area contributed by atoms with Crippen molar-refractivity contribution in [2.45, 2.75) is 37.2 Å². The smallest absolute Gasteiger partial charge is 0.263 e. The lowest BCUT2D eigenvalue weighted by atomic mass is 10.2. The van der Waals surface area contributed by atoms with Gasteiger partial charge in [0.15, 0.2) is 6.10 Å². The third kappa shape index (κ3) is 5.76. The number of para-hydroxylation sites is 2. The molecular weight excluding hydrogens is 506 g/mol. The van der Waals surface area contributed by atoms with E-state index >= 15 is 0 Å². The second-order valence-electron chi connectivity index (χ2n) is 8.58. The number of anilines is 1. The van der Waals surface area contributed by atoms with Crippen LogP contribution in [-0.2, 0) is 24.8 Å². The first-order valence-electron chi connectivity index (χ1n) is 12.0. The summed E-state index contributed by atoms with van der Waals surface area (Å²) in [7, 11) is -7.09. The highest BCUT2D eigenvalue weighted by Crippen LogP contribution is 2.35. The van der Waals surface area contributed by atoms with Crippen molar-refractivity contribution in [3.05, 3.63) is 48.5 Å². The zero-order valence-corrected chi connectivity index (χ0v) is 21.8. The lowest BCUT2D eigenvalue weighted by Crippen LogP contribution is -2.51. The molecule has 196 valence electrons. The summed E-state index contributed by atoms with van der Waals surface area (Å²) in [4.78, 5) is 12.9. The molecule has 0 aliphatic carbocycles. The SMILES string of the molecule is CCS(=O)(=O)N1C[C@H](C(=O)NCCOc2ccc(S(=O)(=O)N3CCCCC3)cc2)Oc2ccccc21. The highest BCUT2D eigenvalue weighted by molar-refractivity contribution is 7.92. The van der Waals surface area contributed by atoms with Crippen molar-refractivity contribution >= 4 is 31.6 Å². The van der Waals surface area contributed by atoms with E-state index in [2.05, 4.69) is 5.32 Å². The number of sulfonamides is 2. The number of hydrogen-bond donors (Lipinski definition) is 1. The molecule has 1 saturated heterocycles. The van der Waals surface area contributed by atoms with Crippen LogP contribution in [0.4, 0.5) is 5.69 Å². The van der Waals surface area contributed by atoms with Crippen LogP contribution in [0.3, 0.4) is 0 Å². The Morgan fingerprint density at radius 1 is 1.03 bits per heavy atom. The molecule has 0 saturated carbocycles. The maximum Gasteiger partial charge on any atom is 0.263 e. The molecule has 4 rings (SSSR count). The molecule has 0 radical (unpaired) electrons. The van der Waals surface area contributed by atoms with Gasteiger partial charge in [-0.1, -0.05) is 18.6 Å². The Labute approximate surface area is 212 Å². The number of ether oxygens (including phenoxy) is 2. The van der Waals surface area contributed by atoms with Gasteiger partial charge in [-0.15, -0.1) is 0 Å². The third-order valence-electron chi connectivity index (χ3n) is 6.17. The Morgan fingerprint density at radius 2 is 1.72 bits per heavy atom. The van der Waals surface area contributed by atoms with Gasteiger partial charge in [-0.05, 0) is 56.2 Å². The van der Waals surface area contributed by atoms with Crippen molar-refractivity contribution in [1.82, 2.24) is 9.62 Å². The van der Waals surface area contributed by atoms with Gasteiger partial charge in [-0.2, -0.15) is 4.31 Å². The molecule has 1 amide bonds. The molecule has 1 fully saturated rings. The van der Waals surface area contributed by atoms with Gasteiger partial charge in [0.1, 0.15) is 18.1 Å². The topological polar surface area (TPSA) is 122 Å². The van der Waals surface area contributed by atoms with Crippen LogP contribution in [0.15, 0.2) is 53.4 Å². The molecule has 1 atom stereocenters. The average Bonchev–Trinajstić information content (AvgIpc) is 2.91. The molecule has 0 bridgehead atoms. The first kappa shape index (κ1) is 26.2. The summed E-state index contributed by atoms with van der Waals surface area (Å²) < 4.78 is 64.7. The number of fused-ring (bicyclic) bond motifs is 1. The van der Waals surface area contributed by atoms with E-state index in [0.29, 0.717) is 30.3 Å². The molecule has 0 aromatic heterocycles. The predicted octanol–water partition coefficient (Wildman–Crippen LogP) is 1.97. The van der Waals surface area contributed by atoms with Crippen LogP contribution in [0.1, 0.15) is 26.2 Å². The molecule has 2 aromatic rings. The molecule has 36 heavy (non-hydrogen) atoms. The number of hydrogen-bond acceptors (Lipinski definition) is 7. The minimum Gasteiger partial charge on any atom is -0.492 e. The Kier molecular flexibility index (Phi) is 8.06. The summed E-state index contributed by atoms with van der Waals surface area (Å²) in [6, 6.07) is 12.9. The van der Waals surface area contributed by atoms with Gasteiger partial charge in [-0.3, -0.25) is 9.10 Å². The van der Waals surface area contributed by atoms with Crippen LogP contribution >= 0.6 is 0 Å². The molecule has 0 spiro atoms. The van der Waals surface area contributed by atoms with Crippen LogP contribution < -0.4 is 19.1 Å². The van der Waals surface area contributed by atoms with Crippen LogP contribution in [0.5, 0.6) is 11.5 Å². The normalized spacial score (nSPS) is 18.7. The fourth-order valence-corrected chi connectivity index (χ4v) is 6.82. The van der Waals surface area contributed by atoms with E-state index in [-0.39, 0.29) is 30.3 Å².